The number of rotatable bonds is 3. The average Bonchev–Trinajstić information content (AvgIpc) is 2.74. The summed E-state index contributed by atoms with van der Waals surface area (Å²) in [6, 6.07) is 2.94. The zero-order chi connectivity index (χ0) is 10.7. The molecule has 2 unspecified atom stereocenters. The Balaban J connectivity index is 1.94. The molecule has 1 saturated heterocycles. The number of nitrogens with zero attached hydrogens (tertiary/aromatic N) is 1. The van der Waals surface area contributed by atoms with Gasteiger partial charge in [0.1, 0.15) is 0 Å². The van der Waals surface area contributed by atoms with Gasteiger partial charge in [-0.25, -0.2) is 0 Å². The molecule has 1 aliphatic rings. The van der Waals surface area contributed by atoms with Crippen LogP contribution in [-0.4, -0.2) is 25.7 Å². The minimum atomic E-state index is 0.713. The van der Waals surface area contributed by atoms with Crippen LogP contribution in [0.1, 0.15) is 20.3 Å². The topological polar surface area (TPSA) is 15.3 Å². The molecular formula is C12H20N2S. The van der Waals surface area contributed by atoms with Crippen molar-refractivity contribution in [3.63, 3.8) is 0 Å². The molecule has 0 spiro atoms. The van der Waals surface area contributed by atoms with E-state index in [2.05, 4.69) is 40.9 Å². The lowest BCUT2D eigenvalue weighted by molar-refractivity contribution is 0.327. The van der Waals surface area contributed by atoms with Gasteiger partial charge in [0.25, 0.3) is 0 Å². The van der Waals surface area contributed by atoms with Crippen LogP contribution in [0.4, 0.5) is 5.69 Å². The van der Waals surface area contributed by atoms with E-state index in [1.54, 1.807) is 11.3 Å². The largest absolute Gasteiger partial charge is 0.370 e. The lowest BCUT2D eigenvalue weighted by Gasteiger charge is -2.38. The third-order valence-corrected chi connectivity index (χ3v) is 3.91. The van der Waals surface area contributed by atoms with Crippen molar-refractivity contribution in [1.82, 2.24) is 5.32 Å². The number of hydrogen-bond donors (Lipinski definition) is 1. The predicted octanol–water partition coefficient (Wildman–Crippen LogP) is 2.57. The molecule has 15 heavy (non-hydrogen) atoms. The Kier molecular flexibility index (Phi) is 3.65. The van der Waals surface area contributed by atoms with Crippen molar-refractivity contribution >= 4 is 17.0 Å². The van der Waals surface area contributed by atoms with E-state index in [4.69, 9.17) is 0 Å². The van der Waals surface area contributed by atoms with Gasteiger partial charge < -0.3 is 10.2 Å². The molecule has 1 N–H and O–H groups in total. The molecule has 0 amide bonds. The summed E-state index contributed by atoms with van der Waals surface area (Å²) in [5, 5.41) is 7.99. The standard InChI is InChI=1S/C12H20N2S/c1-3-13-12-4-6-14(8-10(12)2)11-5-7-15-9-11/h5,7,9-10,12-13H,3-4,6,8H2,1-2H3. The third kappa shape index (κ3) is 2.52. The maximum atomic E-state index is 3.58. The third-order valence-electron chi connectivity index (χ3n) is 3.24. The highest BCUT2D eigenvalue weighted by Gasteiger charge is 2.25. The van der Waals surface area contributed by atoms with Gasteiger partial charge in [0, 0.05) is 30.2 Å². The Morgan fingerprint density at radius 2 is 2.47 bits per heavy atom. The first kappa shape index (κ1) is 11.0. The van der Waals surface area contributed by atoms with Crippen molar-refractivity contribution in [3.05, 3.63) is 16.8 Å². The molecule has 1 aromatic rings. The van der Waals surface area contributed by atoms with Crippen LogP contribution >= 0.6 is 11.3 Å². The van der Waals surface area contributed by atoms with Gasteiger partial charge >= 0.3 is 0 Å². The van der Waals surface area contributed by atoms with Crippen molar-refractivity contribution in [2.45, 2.75) is 26.3 Å². The van der Waals surface area contributed by atoms with Crippen LogP contribution in [-0.2, 0) is 0 Å². The first-order valence-corrected chi connectivity index (χ1v) is 6.76. The Hall–Kier alpha value is -0.540. The van der Waals surface area contributed by atoms with Gasteiger partial charge in [-0.1, -0.05) is 13.8 Å². The van der Waals surface area contributed by atoms with Crippen LogP contribution in [0.25, 0.3) is 0 Å². The minimum absolute atomic E-state index is 0.713. The van der Waals surface area contributed by atoms with E-state index in [0.29, 0.717) is 6.04 Å². The summed E-state index contributed by atoms with van der Waals surface area (Å²) in [6.45, 7) is 8.02. The van der Waals surface area contributed by atoms with Crippen LogP contribution < -0.4 is 10.2 Å². The first-order chi connectivity index (χ1) is 7.31. The number of anilines is 1. The van der Waals surface area contributed by atoms with E-state index < -0.39 is 0 Å². The quantitative estimate of drug-likeness (QED) is 0.849. The van der Waals surface area contributed by atoms with Gasteiger partial charge in [0.2, 0.25) is 0 Å². The summed E-state index contributed by atoms with van der Waals surface area (Å²) in [5.74, 6) is 0.749. The van der Waals surface area contributed by atoms with Crippen molar-refractivity contribution in [2.75, 3.05) is 24.5 Å². The fourth-order valence-corrected chi connectivity index (χ4v) is 3.05. The normalized spacial score (nSPS) is 26.9. The zero-order valence-corrected chi connectivity index (χ0v) is 10.4. The van der Waals surface area contributed by atoms with Crippen LogP contribution in [0, 0.1) is 5.92 Å². The van der Waals surface area contributed by atoms with Crippen LogP contribution in [0.15, 0.2) is 16.8 Å². The highest BCUT2D eigenvalue weighted by Crippen LogP contribution is 2.24. The van der Waals surface area contributed by atoms with E-state index in [-0.39, 0.29) is 0 Å². The first-order valence-electron chi connectivity index (χ1n) is 5.81. The van der Waals surface area contributed by atoms with Gasteiger partial charge in [-0.2, -0.15) is 11.3 Å². The molecule has 3 heteroatoms. The fraction of sp³-hybridized carbons (Fsp3) is 0.667. The molecule has 2 atom stereocenters. The van der Waals surface area contributed by atoms with Crippen LogP contribution in [0.2, 0.25) is 0 Å². The molecule has 2 rings (SSSR count). The van der Waals surface area contributed by atoms with Gasteiger partial charge in [-0.15, -0.1) is 0 Å². The second kappa shape index (κ2) is 4.99. The van der Waals surface area contributed by atoms with Crippen molar-refractivity contribution in [1.29, 1.82) is 0 Å². The average molecular weight is 224 g/mol. The molecule has 1 fully saturated rings. The molecular weight excluding hydrogens is 204 g/mol. The van der Waals surface area contributed by atoms with Gasteiger partial charge in [0.15, 0.2) is 0 Å². The summed E-state index contributed by atoms with van der Waals surface area (Å²) >= 11 is 1.79. The van der Waals surface area contributed by atoms with Crippen molar-refractivity contribution in [2.24, 2.45) is 5.92 Å². The Morgan fingerprint density at radius 3 is 3.07 bits per heavy atom. The lowest BCUT2D eigenvalue weighted by Crippen LogP contribution is -2.48. The molecule has 0 radical (unpaired) electrons. The summed E-state index contributed by atoms with van der Waals surface area (Å²) in [5.41, 5.74) is 1.40. The predicted molar refractivity (Wildman–Crippen MR) is 67.8 cm³/mol. The van der Waals surface area contributed by atoms with E-state index in [0.717, 1.165) is 12.5 Å². The van der Waals surface area contributed by atoms with Crippen molar-refractivity contribution < 1.29 is 0 Å². The second-order valence-corrected chi connectivity index (χ2v) is 5.14. The number of thiophene rings is 1. The lowest BCUT2D eigenvalue weighted by atomic mass is 9.93. The highest BCUT2D eigenvalue weighted by atomic mass is 32.1. The fourth-order valence-electron chi connectivity index (χ4n) is 2.38. The molecule has 84 valence electrons. The summed E-state index contributed by atoms with van der Waals surface area (Å²) < 4.78 is 0. The van der Waals surface area contributed by atoms with Crippen molar-refractivity contribution in [3.8, 4) is 0 Å². The minimum Gasteiger partial charge on any atom is -0.370 e. The van der Waals surface area contributed by atoms with E-state index in [1.807, 2.05) is 0 Å². The summed E-state index contributed by atoms with van der Waals surface area (Å²) in [6.07, 6.45) is 1.27. The molecule has 0 aliphatic carbocycles. The van der Waals surface area contributed by atoms with E-state index >= 15 is 0 Å². The number of nitrogens with one attached hydrogen (secondary N) is 1. The number of hydrogen-bond acceptors (Lipinski definition) is 3. The summed E-state index contributed by atoms with van der Waals surface area (Å²) in [7, 11) is 0. The Labute approximate surface area is 96.3 Å². The van der Waals surface area contributed by atoms with Gasteiger partial charge in [0.05, 0.1) is 0 Å². The molecule has 2 heterocycles. The van der Waals surface area contributed by atoms with Crippen LogP contribution in [0.3, 0.4) is 0 Å². The smallest absolute Gasteiger partial charge is 0.0474 e. The SMILES string of the molecule is CCNC1CCN(c2ccsc2)CC1C. The van der Waals surface area contributed by atoms with E-state index in [1.165, 1.54) is 25.2 Å². The summed E-state index contributed by atoms with van der Waals surface area (Å²) in [4.78, 5) is 2.51. The van der Waals surface area contributed by atoms with Crippen LogP contribution in [0.5, 0.6) is 0 Å². The molecule has 2 nitrogen and oxygen atoms in total. The van der Waals surface area contributed by atoms with Gasteiger partial charge in [-0.05, 0) is 30.3 Å². The number of piperidine rings is 1. The molecule has 0 bridgehead atoms. The maximum absolute atomic E-state index is 3.58. The van der Waals surface area contributed by atoms with E-state index in [9.17, 15) is 0 Å². The molecule has 0 aromatic carbocycles. The van der Waals surface area contributed by atoms with Gasteiger partial charge in [-0.3, -0.25) is 0 Å². The molecule has 1 aliphatic heterocycles. The Bertz CT molecular complexity index is 284. The zero-order valence-electron chi connectivity index (χ0n) is 9.57. The highest BCUT2D eigenvalue weighted by molar-refractivity contribution is 7.08. The molecule has 1 aromatic heterocycles. The molecule has 0 saturated carbocycles. The second-order valence-electron chi connectivity index (χ2n) is 4.36. The monoisotopic (exact) mass is 224 g/mol. The maximum Gasteiger partial charge on any atom is 0.0474 e. The Morgan fingerprint density at radius 1 is 1.60 bits per heavy atom.